The zero-order chi connectivity index (χ0) is 54.3. The Morgan fingerprint density at radius 1 is 0.293 bits per heavy atom. The molecule has 0 saturated heterocycles. The van der Waals surface area contributed by atoms with Gasteiger partial charge in [0, 0.05) is 12.8 Å². The molecule has 0 amide bonds. The number of hydrogen-bond donors (Lipinski definition) is 0. The largest absolute Gasteiger partial charge is 0.462 e. The lowest BCUT2D eigenvalue weighted by Crippen LogP contribution is -2.30. The van der Waals surface area contributed by atoms with Crippen molar-refractivity contribution in [1.82, 2.24) is 0 Å². The number of allylic oxidation sites excluding steroid dienone is 17. The Bertz CT molecular complexity index is 1520. The minimum absolute atomic E-state index is 0.0886. The normalized spacial score (nSPS) is 12.8. The lowest BCUT2D eigenvalue weighted by Gasteiger charge is -2.18. The smallest absolute Gasteiger partial charge is 0.310 e. The van der Waals surface area contributed by atoms with E-state index < -0.39 is 12.1 Å². The monoisotopic (exact) mass is 1040 g/mol. The van der Waals surface area contributed by atoms with Crippen molar-refractivity contribution in [1.29, 1.82) is 0 Å². The van der Waals surface area contributed by atoms with Gasteiger partial charge in [-0.25, -0.2) is 0 Å². The van der Waals surface area contributed by atoms with Crippen LogP contribution in [-0.4, -0.2) is 37.2 Å². The molecule has 0 heterocycles. The summed E-state index contributed by atoms with van der Waals surface area (Å²) < 4.78 is 16.7. The second-order valence-electron chi connectivity index (χ2n) is 20.6. The molecule has 0 radical (unpaired) electrons. The highest BCUT2D eigenvalue weighted by Crippen LogP contribution is 2.16. The lowest BCUT2D eigenvalue weighted by molar-refractivity contribution is -0.166. The molecule has 6 heteroatoms. The first-order valence-corrected chi connectivity index (χ1v) is 31.4. The quantitative estimate of drug-likeness (QED) is 0.0261. The van der Waals surface area contributed by atoms with E-state index in [1.54, 1.807) is 6.08 Å². The maximum absolute atomic E-state index is 12.8. The number of carbonyl (C=O) groups excluding carboxylic acids is 3. The summed E-state index contributed by atoms with van der Waals surface area (Å²) in [6.45, 7) is 6.31. The number of esters is 3. The van der Waals surface area contributed by atoms with Crippen molar-refractivity contribution in [2.24, 2.45) is 0 Å². The summed E-state index contributed by atoms with van der Waals surface area (Å²) in [5.74, 6) is -1.08. The Balaban J connectivity index is 4.28. The molecule has 75 heavy (non-hydrogen) atoms. The van der Waals surface area contributed by atoms with Crippen LogP contribution in [0, 0.1) is 0 Å². The van der Waals surface area contributed by atoms with Crippen LogP contribution in [0.15, 0.2) is 109 Å². The number of ether oxygens (including phenoxy) is 3. The molecule has 1 atom stereocenters. The molecule has 0 N–H and O–H groups in total. The predicted molar refractivity (Wildman–Crippen MR) is 325 cm³/mol. The second kappa shape index (κ2) is 62.6. The highest BCUT2D eigenvalue weighted by atomic mass is 16.6. The van der Waals surface area contributed by atoms with Gasteiger partial charge in [-0.2, -0.15) is 0 Å². The van der Waals surface area contributed by atoms with E-state index in [-0.39, 0.29) is 31.6 Å². The fraction of sp³-hybridized carbons (Fsp3) is 0.696. The number of hydrogen-bond acceptors (Lipinski definition) is 6. The van der Waals surface area contributed by atoms with E-state index in [2.05, 4.69) is 118 Å². The average molecular weight is 1040 g/mol. The molecule has 428 valence electrons. The van der Waals surface area contributed by atoms with E-state index in [0.29, 0.717) is 19.3 Å². The summed E-state index contributed by atoms with van der Waals surface area (Å²) in [6.07, 6.45) is 85.8. The van der Waals surface area contributed by atoms with E-state index in [1.807, 2.05) is 6.08 Å². The predicted octanol–water partition coefficient (Wildman–Crippen LogP) is 21.4. The highest BCUT2D eigenvalue weighted by Gasteiger charge is 2.19. The van der Waals surface area contributed by atoms with Crippen LogP contribution < -0.4 is 0 Å². The van der Waals surface area contributed by atoms with Crippen LogP contribution in [0.5, 0.6) is 0 Å². The number of rotatable bonds is 56. The standard InChI is InChI=1S/C69H116O6/c1-4-7-10-13-16-19-22-25-27-28-29-30-31-32-33-34-35-36-37-38-39-40-42-44-47-50-53-56-59-62-68(71)74-65-66(64-73-67(70)61-58-55-52-49-46-43-24-21-18-15-12-9-6-3)75-69(72)63-60-57-54-51-48-45-41-26-23-20-17-14-11-8-5-2/h8-9,11-12,17-18,20-21,26,28-29,41,43,46,48,51,57,60,66H,4-7,10,13-16,19,22-25,27,30-40,42,44-45,47,49-50,52-56,58-59,61-65H2,1-3H3/b11-8-,12-9-,20-17-,21-18-,29-28-,41-26-,46-43-,51-48-,60-57-. The maximum Gasteiger partial charge on any atom is 0.310 e. The van der Waals surface area contributed by atoms with E-state index in [1.165, 1.54) is 154 Å². The third kappa shape index (κ3) is 60.8. The first-order chi connectivity index (χ1) is 37.0. The van der Waals surface area contributed by atoms with Gasteiger partial charge < -0.3 is 14.2 Å². The molecule has 0 rings (SSSR count). The van der Waals surface area contributed by atoms with Crippen LogP contribution in [0.2, 0.25) is 0 Å². The molecule has 0 aromatic heterocycles. The molecule has 0 aliphatic heterocycles. The van der Waals surface area contributed by atoms with Gasteiger partial charge in [0.05, 0.1) is 6.42 Å². The zero-order valence-corrected chi connectivity index (χ0v) is 49.0. The summed E-state index contributed by atoms with van der Waals surface area (Å²) >= 11 is 0. The van der Waals surface area contributed by atoms with Gasteiger partial charge in [-0.3, -0.25) is 14.4 Å². The molecular formula is C69H116O6. The van der Waals surface area contributed by atoms with Gasteiger partial charge in [-0.1, -0.05) is 278 Å². The van der Waals surface area contributed by atoms with Crippen molar-refractivity contribution in [3.63, 3.8) is 0 Å². The summed E-state index contributed by atoms with van der Waals surface area (Å²) in [5.41, 5.74) is 0. The molecular weight excluding hydrogens is 925 g/mol. The van der Waals surface area contributed by atoms with Crippen LogP contribution in [-0.2, 0) is 28.6 Å². The summed E-state index contributed by atoms with van der Waals surface area (Å²) in [6, 6.07) is 0. The highest BCUT2D eigenvalue weighted by molar-refractivity contribution is 5.72. The number of carbonyl (C=O) groups is 3. The minimum Gasteiger partial charge on any atom is -0.462 e. The molecule has 0 fully saturated rings. The molecule has 0 aliphatic rings. The van der Waals surface area contributed by atoms with Crippen LogP contribution in [0.3, 0.4) is 0 Å². The first kappa shape index (κ1) is 71.1. The zero-order valence-electron chi connectivity index (χ0n) is 49.0. The van der Waals surface area contributed by atoms with E-state index in [4.69, 9.17) is 14.2 Å². The third-order valence-electron chi connectivity index (χ3n) is 13.3. The van der Waals surface area contributed by atoms with Crippen LogP contribution in [0.25, 0.3) is 0 Å². The molecule has 0 bridgehead atoms. The lowest BCUT2D eigenvalue weighted by atomic mass is 10.0. The van der Waals surface area contributed by atoms with Crippen molar-refractivity contribution in [2.45, 2.75) is 297 Å². The SMILES string of the molecule is CC/C=C\C/C=C\C/C=C\C/C=C\C/C=C\CC(=O)OC(COC(=O)CCCCC/C=C\C/C=C\C/C=C\CC)COC(=O)CCCCCCCCCCCCCCCCCCC/C=C\CCCCCCCCCC. The van der Waals surface area contributed by atoms with Crippen molar-refractivity contribution in [3.05, 3.63) is 109 Å². The Labute approximate surface area is 463 Å². The van der Waals surface area contributed by atoms with E-state index in [0.717, 1.165) is 89.9 Å². The van der Waals surface area contributed by atoms with Crippen LogP contribution in [0.1, 0.15) is 290 Å². The Morgan fingerprint density at radius 2 is 0.560 bits per heavy atom. The van der Waals surface area contributed by atoms with Gasteiger partial charge >= 0.3 is 17.9 Å². The van der Waals surface area contributed by atoms with Crippen LogP contribution in [0.4, 0.5) is 0 Å². The summed E-state index contributed by atoms with van der Waals surface area (Å²) in [4.78, 5) is 38.1. The second-order valence-corrected chi connectivity index (χ2v) is 20.6. The first-order valence-electron chi connectivity index (χ1n) is 31.4. The minimum atomic E-state index is -0.846. The fourth-order valence-corrected chi connectivity index (χ4v) is 8.65. The Hall–Kier alpha value is -3.93. The van der Waals surface area contributed by atoms with E-state index in [9.17, 15) is 14.4 Å². The molecule has 0 saturated carbocycles. The fourth-order valence-electron chi connectivity index (χ4n) is 8.65. The molecule has 1 unspecified atom stereocenters. The van der Waals surface area contributed by atoms with Gasteiger partial charge in [0.25, 0.3) is 0 Å². The molecule has 0 aromatic rings. The Kier molecular flexibility index (Phi) is 59.3. The molecule has 0 spiro atoms. The molecule has 6 nitrogen and oxygen atoms in total. The van der Waals surface area contributed by atoms with Crippen molar-refractivity contribution in [3.8, 4) is 0 Å². The molecule has 0 aromatic carbocycles. The van der Waals surface area contributed by atoms with Crippen molar-refractivity contribution < 1.29 is 28.6 Å². The number of unbranched alkanes of at least 4 members (excludes halogenated alkanes) is 28. The maximum atomic E-state index is 12.8. The van der Waals surface area contributed by atoms with Gasteiger partial charge in [0.2, 0.25) is 0 Å². The molecule has 0 aliphatic carbocycles. The van der Waals surface area contributed by atoms with E-state index >= 15 is 0 Å². The van der Waals surface area contributed by atoms with Gasteiger partial charge in [-0.15, -0.1) is 0 Å². The average Bonchev–Trinajstić information content (AvgIpc) is 3.41. The van der Waals surface area contributed by atoms with Gasteiger partial charge in [0.1, 0.15) is 13.2 Å². The van der Waals surface area contributed by atoms with Gasteiger partial charge in [-0.05, 0) is 103 Å². The van der Waals surface area contributed by atoms with Gasteiger partial charge in [0.15, 0.2) is 6.10 Å². The van der Waals surface area contributed by atoms with Crippen molar-refractivity contribution >= 4 is 17.9 Å². The van der Waals surface area contributed by atoms with Crippen molar-refractivity contribution in [2.75, 3.05) is 13.2 Å². The summed E-state index contributed by atoms with van der Waals surface area (Å²) in [7, 11) is 0. The van der Waals surface area contributed by atoms with Crippen LogP contribution >= 0.6 is 0 Å². The third-order valence-corrected chi connectivity index (χ3v) is 13.3. The topological polar surface area (TPSA) is 78.9 Å². The summed E-state index contributed by atoms with van der Waals surface area (Å²) in [5, 5.41) is 0. The Morgan fingerprint density at radius 3 is 0.907 bits per heavy atom.